The molecule has 2 aromatic rings. The van der Waals surface area contributed by atoms with E-state index in [1.807, 2.05) is 6.20 Å². The molecule has 0 saturated heterocycles. The number of hydrogen-bond acceptors (Lipinski definition) is 1. The SMILES string of the molecule is CCC(C)CC.CCC=CCC1CC=C(C)C2=C1c1nccc3cccc(c13)C2(C)C. The minimum absolute atomic E-state index is 0.0264. The number of fused-ring (bicyclic) bond motifs is 1. The number of aromatic nitrogens is 1. The maximum atomic E-state index is 4.89. The third-order valence-corrected chi connectivity index (χ3v) is 7.34. The van der Waals surface area contributed by atoms with Gasteiger partial charge in [-0.25, -0.2) is 0 Å². The van der Waals surface area contributed by atoms with Gasteiger partial charge in [-0.2, -0.15) is 0 Å². The highest BCUT2D eigenvalue weighted by Gasteiger charge is 2.40. The topological polar surface area (TPSA) is 12.9 Å². The molecule has 2 aliphatic carbocycles. The Morgan fingerprint density at radius 2 is 1.84 bits per heavy atom. The first-order valence-electron chi connectivity index (χ1n) is 12.3. The Kier molecular flexibility index (Phi) is 7.57. The van der Waals surface area contributed by atoms with Crippen LogP contribution in [0, 0.1) is 11.8 Å². The zero-order valence-corrected chi connectivity index (χ0v) is 20.8. The van der Waals surface area contributed by atoms with Crippen LogP contribution in [0.2, 0.25) is 0 Å². The molecule has 0 fully saturated rings. The van der Waals surface area contributed by atoms with Crippen LogP contribution in [0.4, 0.5) is 0 Å². The van der Waals surface area contributed by atoms with E-state index >= 15 is 0 Å². The Labute approximate surface area is 190 Å². The summed E-state index contributed by atoms with van der Waals surface area (Å²) in [6.07, 6.45) is 15.1. The lowest BCUT2D eigenvalue weighted by Crippen LogP contribution is -2.30. The second-order valence-corrected chi connectivity index (χ2v) is 9.83. The van der Waals surface area contributed by atoms with Crippen molar-refractivity contribution in [3.05, 3.63) is 71.1 Å². The Hall–Kier alpha value is -2.15. The quantitative estimate of drug-likeness (QED) is 0.444. The normalized spacial score (nSPS) is 19.4. The molecule has 0 N–H and O–H groups in total. The maximum Gasteiger partial charge on any atom is 0.0749 e. The highest BCUT2D eigenvalue weighted by atomic mass is 14.7. The monoisotopic (exact) mass is 415 g/mol. The van der Waals surface area contributed by atoms with Gasteiger partial charge in [-0.05, 0) is 66.2 Å². The van der Waals surface area contributed by atoms with Gasteiger partial charge in [0.2, 0.25) is 0 Å². The Balaban J connectivity index is 0.000000401. The average Bonchev–Trinajstić information content (AvgIpc) is 2.78. The van der Waals surface area contributed by atoms with Crippen molar-refractivity contribution in [1.29, 1.82) is 0 Å². The summed E-state index contributed by atoms with van der Waals surface area (Å²) in [5, 5.41) is 2.69. The van der Waals surface area contributed by atoms with Crippen molar-refractivity contribution in [1.82, 2.24) is 4.98 Å². The van der Waals surface area contributed by atoms with Crippen LogP contribution in [0.1, 0.15) is 91.8 Å². The van der Waals surface area contributed by atoms with E-state index in [9.17, 15) is 0 Å². The van der Waals surface area contributed by atoms with Crippen molar-refractivity contribution in [2.24, 2.45) is 11.8 Å². The van der Waals surface area contributed by atoms with Crippen molar-refractivity contribution >= 4 is 16.3 Å². The van der Waals surface area contributed by atoms with Gasteiger partial charge in [-0.1, -0.05) is 96.4 Å². The first-order chi connectivity index (χ1) is 14.9. The fourth-order valence-corrected chi connectivity index (χ4v) is 5.12. The van der Waals surface area contributed by atoms with Crippen LogP contribution in [-0.4, -0.2) is 4.98 Å². The van der Waals surface area contributed by atoms with Gasteiger partial charge >= 0.3 is 0 Å². The first kappa shape index (κ1) is 23.5. The summed E-state index contributed by atoms with van der Waals surface area (Å²) in [5.41, 5.74) is 7.11. The lowest BCUT2D eigenvalue weighted by atomic mass is 9.63. The van der Waals surface area contributed by atoms with Crippen LogP contribution < -0.4 is 0 Å². The largest absolute Gasteiger partial charge is 0.256 e. The summed E-state index contributed by atoms with van der Waals surface area (Å²) < 4.78 is 0. The van der Waals surface area contributed by atoms with Gasteiger partial charge in [0.05, 0.1) is 5.69 Å². The summed E-state index contributed by atoms with van der Waals surface area (Å²) in [4.78, 5) is 4.89. The Morgan fingerprint density at radius 3 is 2.48 bits per heavy atom. The van der Waals surface area contributed by atoms with E-state index in [0.29, 0.717) is 5.92 Å². The molecule has 1 heteroatoms. The van der Waals surface area contributed by atoms with Crippen LogP contribution in [0.25, 0.3) is 16.3 Å². The van der Waals surface area contributed by atoms with Gasteiger partial charge in [-0.15, -0.1) is 0 Å². The molecule has 0 amide bonds. The summed E-state index contributed by atoms with van der Waals surface area (Å²) in [6, 6.07) is 8.87. The van der Waals surface area contributed by atoms with E-state index in [-0.39, 0.29) is 5.41 Å². The zero-order valence-electron chi connectivity index (χ0n) is 20.8. The van der Waals surface area contributed by atoms with Gasteiger partial charge in [0, 0.05) is 17.0 Å². The fourth-order valence-electron chi connectivity index (χ4n) is 5.12. The predicted octanol–water partition coefficient (Wildman–Crippen LogP) is 9.04. The first-order valence-corrected chi connectivity index (χ1v) is 12.3. The molecular weight excluding hydrogens is 374 g/mol. The number of benzene rings is 1. The van der Waals surface area contributed by atoms with E-state index in [1.54, 1.807) is 0 Å². The summed E-state index contributed by atoms with van der Waals surface area (Å²) in [6.45, 7) is 16.0. The summed E-state index contributed by atoms with van der Waals surface area (Å²) in [5.74, 6) is 1.47. The molecule has 0 spiro atoms. The third-order valence-electron chi connectivity index (χ3n) is 7.34. The molecule has 1 atom stereocenters. The van der Waals surface area contributed by atoms with E-state index in [2.05, 4.69) is 91.0 Å². The van der Waals surface area contributed by atoms with Gasteiger partial charge in [-0.3, -0.25) is 4.98 Å². The van der Waals surface area contributed by atoms with Crippen molar-refractivity contribution in [2.75, 3.05) is 0 Å². The standard InChI is InChI=1S/C24H27N.C6H14/c1-5-6-7-9-17-13-12-16(2)22-21(17)23-20-18(14-15-25-23)10-8-11-19(20)24(22,3)4;1-4-6(3)5-2/h6-8,10-12,14-15,17H,5,9,13H2,1-4H3;6H,4-5H2,1-3H3. The molecule has 1 aromatic carbocycles. The van der Waals surface area contributed by atoms with Crippen LogP contribution in [0.5, 0.6) is 0 Å². The molecule has 0 radical (unpaired) electrons. The highest BCUT2D eigenvalue weighted by Crippen LogP contribution is 2.53. The number of nitrogens with zero attached hydrogens (tertiary/aromatic N) is 1. The van der Waals surface area contributed by atoms with Crippen LogP contribution >= 0.6 is 0 Å². The van der Waals surface area contributed by atoms with E-state index in [1.165, 1.54) is 51.6 Å². The number of pyridine rings is 1. The van der Waals surface area contributed by atoms with Crippen molar-refractivity contribution in [3.8, 4) is 0 Å². The Morgan fingerprint density at radius 1 is 1.10 bits per heavy atom. The minimum atomic E-state index is 0.0264. The lowest BCUT2D eigenvalue weighted by Gasteiger charge is -2.41. The molecule has 0 bridgehead atoms. The fraction of sp³-hybridized carbons (Fsp3) is 0.500. The van der Waals surface area contributed by atoms with Crippen LogP contribution in [0.3, 0.4) is 0 Å². The molecule has 4 rings (SSSR count). The molecular formula is C30H41N. The van der Waals surface area contributed by atoms with E-state index < -0.39 is 0 Å². The number of hydrogen-bond donors (Lipinski definition) is 0. The van der Waals surface area contributed by atoms with Crippen molar-refractivity contribution in [3.63, 3.8) is 0 Å². The highest BCUT2D eigenvalue weighted by molar-refractivity contribution is 6.00. The van der Waals surface area contributed by atoms with Gasteiger partial charge < -0.3 is 0 Å². The molecule has 0 aliphatic heterocycles. The molecule has 1 unspecified atom stereocenters. The third kappa shape index (κ3) is 4.56. The summed E-state index contributed by atoms with van der Waals surface area (Å²) >= 11 is 0. The molecule has 2 aliphatic rings. The van der Waals surface area contributed by atoms with E-state index in [0.717, 1.165) is 25.2 Å². The molecule has 166 valence electrons. The second-order valence-electron chi connectivity index (χ2n) is 9.83. The van der Waals surface area contributed by atoms with Crippen molar-refractivity contribution < 1.29 is 0 Å². The average molecular weight is 416 g/mol. The van der Waals surface area contributed by atoms with Gasteiger partial charge in [0.1, 0.15) is 0 Å². The number of allylic oxidation sites excluding steroid dienone is 6. The predicted molar refractivity (Wildman–Crippen MR) is 137 cm³/mol. The Bertz CT molecular complexity index is 993. The van der Waals surface area contributed by atoms with E-state index in [4.69, 9.17) is 4.98 Å². The van der Waals surface area contributed by atoms with Gasteiger partial charge in [0.15, 0.2) is 0 Å². The maximum absolute atomic E-state index is 4.89. The molecule has 1 heterocycles. The molecule has 31 heavy (non-hydrogen) atoms. The number of rotatable bonds is 5. The smallest absolute Gasteiger partial charge is 0.0749 e. The van der Waals surface area contributed by atoms with Crippen LogP contribution in [-0.2, 0) is 5.41 Å². The lowest BCUT2D eigenvalue weighted by molar-refractivity contribution is 0.544. The van der Waals surface area contributed by atoms with Gasteiger partial charge in [0.25, 0.3) is 0 Å². The van der Waals surface area contributed by atoms with Crippen LogP contribution in [0.15, 0.2) is 59.8 Å². The zero-order chi connectivity index (χ0) is 22.6. The molecule has 0 saturated carbocycles. The second kappa shape index (κ2) is 9.98. The molecule has 1 nitrogen and oxygen atoms in total. The minimum Gasteiger partial charge on any atom is -0.256 e. The van der Waals surface area contributed by atoms with Crippen molar-refractivity contribution in [2.45, 2.75) is 86.0 Å². The molecule has 1 aromatic heterocycles. The summed E-state index contributed by atoms with van der Waals surface area (Å²) in [7, 11) is 0.